The molecule has 0 saturated heterocycles. The van der Waals surface area contributed by atoms with Crippen molar-refractivity contribution in [3.8, 4) is 5.75 Å². The Balaban J connectivity index is 2.06. The summed E-state index contributed by atoms with van der Waals surface area (Å²) in [5.74, 6) is 0.895. The van der Waals surface area contributed by atoms with Gasteiger partial charge < -0.3 is 10.1 Å². The third-order valence-corrected chi connectivity index (χ3v) is 4.43. The minimum absolute atomic E-state index is 0.513. The zero-order valence-electron chi connectivity index (χ0n) is 13.1. The number of rotatable bonds is 6. The van der Waals surface area contributed by atoms with E-state index >= 15 is 0 Å². The Hall–Kier alpha value is -1.45. The lowest BCUT2D eigenvalue weighted by Crippen LogP contribution is -2.21. The number of hydrogen-bond acceptors (Lipinski definition) is 3. The molecule has 2 aromatic rings. The van der Waals surface area contributed by atoms with Gasteiger partial charge in [0, 0.05) is 22.4 Å². The van der Waals surface area contributed by atoms with Crippen LogP contribution in [0.3, 0.4) is 0 Å². The Bertz CT molecular complexity index is 578. The first-order chi connectivity index (χ1) is 10.1. The first-order valence-corrected chi connectivity index (χ1v) is 8.05. The van der Waals surface area contributed by atoms with Gasteiger partial charge >= 0.3 is 0 Å². The summed E-state index contributed by atoms with van der Waals surface area (Å²) >= 11 is 1.79. The van der Waals surface area contributed by atoms with Gasteiger partial charge in [-0.2, -0.15) is 0 Å². The van der Waals surface area contributed by atoms with E-state index in [1.165, 1.54) is 20.9 Å². The molecule has 0 amide bonds. The molecule has 1 N–H and O–H groups in total. The van der Waals surface area contributed by atoms with Gasteiger partial charge in [0.25, 0.3) is 0 Å². The lowest BCUT2D eigenvalue weighted by molar-refractivity contribution is 0.414. The van der Waals surface area contributed by atoms with Crippen molar-refractivity contribution in [2.45, 2.75) is 43.1 Å². The monoisotopic (exact) mass is 301 g/mol. The van der Waals surface area contributed by atoms with Gasteiger partial charge in [0.1, 0.15) is 5.75 Å². The Morgan fingerprint density at radius 2 is 1.81 bits per heavy atom. The van der Waals surface area contributed by atoms with Crippen LogP contribution in [0.4, 0.5) is 0 Å². The summed E-state index contributed by atoms with van der Waals surface area (Å²) in [6.07, 6.45) is 0. The predicted octanol–water partition coefficient (Wildman–Crippen LogP) is 4.65. The van der Waals surface area contributed by atoms with Crippen LogP contribution in [0.5, 0.6) is 5.75 Å². The smallest absolute Gasteiger partial charge is 0.118 e. The quantitative estimate of drug-likeness (QED) is 0.839. The highest BCUT2D eigenvalue weighted by Gasteiger charge is 2.04. The van der Waals surface area contributed by atoms with Gasteiger partial charge in [-0.05, 0) is 48.4 Å². The Morgan fingerprint density at radius 1 is 1.10 bits per heavy atom. The predicted molar refractivity (Wildman–Crippen MR) is 90.3 cm³/mol. The fourth-order valence-electron chi connectivity index (χ4n) is 2.03. The molecule has 2 rings (SSSR count). The van der Waals surface area contributed by atoms with Crippen molar-refractivity contribution in [1.82, 2.24) is 5.32 Å². The van der Waals surface area contributed by atoms with Gasteiger partial charge in [-0.3, -0.25) is 0 Å². The molecule has 0 aliphatic rings. The number of benzene rings is 2. The number of methoxy groups -OCH3 is 1. The summed E-state index contributed by atoms with van der Waals surface area (Å²) in [6, 6.07) is 15.4. The van der Waals surface area contributed by atoms with Crippen LogP contribution in [-0.2, 0) is 6.54 Å². The SMILES string of the molecule is COc1ccc(Sc2ccc(CNC(C)C)cc2C)cc1. The molecular formula is C18H23NOS. The van der Waals surface area contributed by atoms with Crippen LogP contribution in [-0.4, -0.2) is 13.2 Å². The average molecular weight is 301 g/mol. The van der Waals surface area contributed by atoms with Crippen molar-refractivity contribution >= 4 is 11.8 Å². The minimum atomic E-state index is 0.513. The van der Waals surface area contributed by atoms with E-state index < -0.39 is 0 Å². The standard InChI is InChI=1S/C18H23NOS/c1-13(2)19-12-15-5-10-18(14(3)11-15)21-17-8-6-16(20-4)7-9-17/h5-11,13,19H,12H2,1-4H3. The fourth-order valence-corrected chi connectivity index (χ4v) is 2.91. The van der Waals surface area contributed by atoms with Gasteiger partial charge in [-0.25, -0.2) is 0 Å². The molecular weight excluding hydrogens is 278 g/mol. The first kappa shape index (κ1) is 15.9. The second-order valence-corrected chi connectivity index (χ2v) is 6.53. The molecule has 2 nitrogen and oxygen atoms in total. The van der Waals surface area contributed by atoms with Crippen LogP contribution >= 0.6 is 11.8 Å². The van der Waals surface area contributed by atoms with E-state index in [4.69, 9.17) is 4.74 Å². The zero-order valence-corrected chi connectivity index (χ0v) is 14.0. The van der Waals surface area contributed by atoms with E-state index in [0.29, 0.717) is 6.04 Å². The molecule has 3 heteroatoms. The van der Waals surface area contributed by atoms with Crippen molar-refractivity contribution < 1.29 is 4.74 Å². The molecule has 0 bridgehead atoms. The summed E-state index contributed by atoms with van der Waals surface area (Å²) in [6.45, 7) is 7.43. The highest BCUT2D eigenvalue weighted by Crippen LogP contribution is 2.31. The van der Waals surface area contributed by atoms with Gasteiger partial charge in [-0.1, -0.05) is 37.7 Å². The Kier molecular flexibility index (Phi) is 5.71. The van der Waals surface area contributed by atoms with E-state index in [1.807, 2.05) is 12.1 Å². The van der Waals surface area contributed by atoms with Gasteiger partial charge in [0.15, 0.2) is 0 Å². The first-order valence-electron chi connectivity index (χ1n) is 7.23. The van der Waals surface area contributed by atoms with Crippen molar-refractivity contribution in [1.29, 1.82) is 0 Å². The summed E-state index contributed by atoms with van der Waals surface area (Å²) in [5, 5.41) is 3.45. The normalized spacial score (nSPS) is 10.9. The largest absolute Gasteiger partial charge is 0.497 e. The van der Waals surface area contributed by atoms with E-state index in [2.05, 4.69) is 56.4 Å². The highest BCUT2D eigenvalue weighted by molar-refractivity contribution is 7.99. The molecule has 112 valence electrons. The average Bonchev–Trinajstić information content (AvgIpc) is 2.48. The lowest BCUT2D eigenvalue weighted by Gasteiger charge is -2.11. The molecule has 21 heavy (non-hydrogen) atoms. The number of aryl methyl sites for hydroxylation is 1. The summed E-state index contributed by atoms with van der Waals surface area (Å²) < 4.78 is 5.19. The Morgan fingerprint density at radius 3 is 2.38 bits per heavy atom. The highest BCUT2D eigenvalue weighted by atomic mass is 32.2. The number of nitrogens with one attached hydrogen (secondary N) is 1. The maximum absolute atomic E-state index is 5.19. The van der Waals surface area contributed by atoms with Crippen molar-refractivity contribution in [2.75, 3.05) is 7.11 Å². The second kappa shape index (κ2) is 7.53. The van der Waals surface area contributed by atoms with Crippen LogP contribution in [0.2, 0.25) is 0 Å². The van der Waals surface area contributed by atoms with Crippen LogP contribution in [0.15, 0.2) is 52.3 Å². The van der Waals surface area contributed by atoms with E-state index in [1.54, 1.807) is 18.9 Å². The minimum Gasteiger partial charge on any atom is -0.497 e. The third kappa shape index (κ3) is 4.80. The van der Waals surface area contributed by atoms with Crippen LogP contribution in [0.25, 0.3) is 0 Å². The molecule has 0 radical (unpaired) electrons. The molecule has 0 atom stereocenters. The van der Waals surface area contributed by atoms with Crippen LogP contribution < -0.4 is 10.1 Å². The molecule has 0 saturated carbocycles. The third-order valence-electron chi connectivity index (χ3n) is 3.24. The summed E-state index contributed by atoms with van der Waals surface area (Å²) in [4.78, 5) is 2.53. The number of hydrogen-bond donors (Lipinski definition) is 1. The molecule has 0 spiro atoms. The van der Waals surface area contributed by atoms with Crippen molar-refractivity contribution in [3.05, 3.63) is 53.6 Å². The molecule has 2 aromatic carbocycles. The topological polar surface area (TPSA) is 21.3 Å². The zero-order chi connectivity index (χ0) is 15.2. The van der Waals surface area contributed by atoms with Crippen molar-refractivity contribution in [2.24, 2.45) is 0 Å². The van der Waals surface area contributed by atoms with Gasteiger partial charge in [-0.15, -0.1) is 0 Å². The molecule has 0 aliphatic heterocycles. The van der Waals surface area contributed by atoms with E-state index in [-0.39, 0.29) is 0 Å². The fraction of sp³-hybridized carbons (Fsp3) is 0.333. The summed E-state index contributed by atoms with van der Waals surface area (Å²) in [5.41, 5.74) is 2.65. The molecule has 0 fully saturated rings. The second-order valence-electron chi connectivity index (χ2n) is 5.41. The number of ether oxygens (including phenoxy) is 1. The molecule has 0 heterocycles. The van der Waals surface area contributed by atoms with E-state index in [9.17, 15) is 0 Å². The Labute approximate surface area is 131 Å². The summed E-state index contributed by atoms with van der Waals surface area (Å²) in [7, 11) is 1.69. The van der Waals surface area contributed by atoms with Gasteiger partial charge in [0.05, 0.1) is 7.11 Å². The maximum Gasteiger partial charge on any atom is 0.118 e. The maximum atomic E-state index is 5.19. The van der Waals surface area contributed by atoms with E-state index in [0.717, 1.165) is 12.3 Å². The lowest BCUT2D eigenvalue weighted by atomic mass is 10.1. The molecule has 0 unspecified atom stereocenters. The van der Waals surface area contributed by atoms with Crippen LogP contribution in [0.1, 0.15) is 25.0 Å². The van der Waals surface area contributed by atoms with Crippen molar-refractivity contribution in [3.63, 3.8) is 0 Å². The van der Waals surface area contributed by atoms with Crippen LogP contribution in [0, 0.1) is 6.92 Å². The van der Waals surface area contributed by atoms with Gasteiger partial charge in [0.2, 0.25) is 0 Å². The molecule has 0 aliphatic carbocycles. The molecule has 0 aromatic heterocycles.